The fraction of sp³-hybridized carbons (Fsp3) is 0.120. The van der Waals surface area contributed by atoms with Crippen molar-refractivity contribution in [1.29, 1.82) is 0 Å². The molecule has 166 valence electrons. The number of rotatable bonds is 7. The lowest BCUT2D eigenvalue weighted by Crippen LogP contribution is -2.28. The van der Waals surface area contributed by atoms with Crippen molar-refractivity contribution >= 4 is 28.8 Å². The van der Waals surface area contributed by atoms with Gasteiger partial charge in [-0.25, -0.2) is 9.37 Å². The molecule has 0 saturated carbocycles. The van der Waals surface area contributed by atoms with Crippen molar-refractivity contribution in [3.05, 3.63) is 101 Å². The Bertz CT molecular complexity index is 1240. The van der Waals surface area contributed by atoms with Gasteiger partial charge in [-0.15, -0.1) is 11.3 Å². The van der Waals surface area contributed by atoms with Crippen molar-refractivity contribution < 1.29 is 14.0 Å². The van der Waals surface area contributed by atoms with Gasteiger partial charge in [-0.3, -0.25) is 14.6 Å². The molecule has 0 spiro atoms. The monoisotopic (exact) mass is 460 g/mol. The van der Waals surface area contributed by atoms with Crippen LogP contribution in [0, 0.1) is 5.82 Å². The number of hydrogen-bond donors (Lipinski definition) is 2. The third kappa shape index (κ3) is 5.87. The summed E-state index contributed by atoms with van der Waals surface area (Å²) in [6.07, 6.45) is 1.89. The number of carbonyl (C=O) groups is 2. The highest BCUT2D eigenvalue weighted by molar-refractivity contribution is 7.13. The number of amides is 2. The Morgan fingerprint density at radius 2 is 1.79 bits per heavy atom. The summed E-state index contributed by atoms with van der Waals surface area (Å²) in [6.45, 7) is 1.89. The Balaban J connectivity index is 1.31. The number of nitrogens with one attached hydrogen (secondary N) is 2. The molecule has 4 aromatic rings. The molecule has 4 rings (SSSR count). The summed E-state index contributed by atoms with van der Waals surface area (Å²) < 4.78 is 13.0. The molecule has 0 radical (unpaired) electrons. The lowest BCUT2D eigenvalue weighted by Gasteiger charge is -2.15. The number of halogens is 1. The Morgan fingerprint density at radius 1 is 1.03 bits per heavy atom. The van der Waals surface area contributed by atoms with Crippen LogP contribution in [0.5, 0.6) is 0 Å². The highest BCUT2D eigenvalue weighted by Crippen LogP contribution is 2.22. The van der Waals surface area contributed by atoms with Gasteiger partial charge in [0.1, 0.15) is 10.8 Å². The maximum Gasteiger partial charge on any atom is 0.255 e. The van der Waals surface area contributed by atoms with E-state index in [-0.39, 0.29) is 24.3 Å². The van der Waals surface area contributed by atoms with Gasteiger partial charge < -0.3 is 10.6 Å². The summed E-state index contributed by atoms with van der Waals surface area (Å²) >= 11 is 1.46. The van der Waals surface area contributed by atoms with E-state index in [4.69, 9.17) is 0 Å². The van der Waals surface area contributed by atoms with E-state index in [0.29, 0.717) is 16.9 Å². The molecular formula is C25H21FN4O2S. The van der Waals surface area contributed by atoms with Gasteiger partial charge in [0.25, 0.3) is 5.91 Å². The average molecular weight is 461 g/mol. The molecule has 1 unspecified atom stereocenters. The number of benzene rings is 2. The summed E-state index contributed by atoms with van der Waals surface area (Å²) in [5.74, 6) is -0.846. The molecule has 0 saturated heterocycles. The molecule has 8 heteroatoms. The summed E-state index contributed by atoms with van der Waals surface area (Å²) in [6, 6.07) is 18.0. The molecule has 2 amide bonds. The van der Waals surface area contributed by atoms with E-state index in [1.54, 1.807) is 18.3 Å². The van der Waals surface area contributed by atoms with Crippen molar-refractivity contribution in [3.63, 3.8) is 0 Å². The van der Waals surface area contributed by atoms with Gasteiger partial charge in [-0.05, 0) is 61.0 Å². The summed E-state index contributed by atoms with van der Waals surface area (Å²) in [4.78, 5) is 33.5. The third-order valence-electron chi connectivity index (χ3n) is 4.93. The summed E-state index contributed by atoms with van der Waals surface area (Å²) in [5, 5.41) is 8.39. The van der Waals surface area contributed by atoms with Crippen LogP contribution in [0.15, 0.2) is 78.3 Å². The second-order valence-electron chi connectivity index (χ2n) is 7.41. The number of carbonyl (C=O) groups excluding carboxylic acids is 2. The Morgan fingerprint density at radius 3 is 2.48 bits per heavy atom. The molecule has 2 aromatic heterocycles. The minimum Gasteiger partial charge on any atom is -0.349 e. The molecule has 2 aromatic carbocycles. The highest BCUT2D eigenvalue weighted by atomic mass is 32.1. The van der Waals surface area contributed by atoms with E-state index in [1.165, 1.54) is 35.6 Å². The molecule has 33 heavy (non-hydrogen) atoms. The molecule has 2 N–H and O–H groups in total. The molecule has 0 fully saturated rings. The van der Waals surface area contributed by atoms with Crippen LogP contribution < -0.4 is 10.6 Å². The minimum atomic E-state index is -0.393. The summed E-state index contributed by atoms with van der Waals surface area (Å²) in [7, 11) is 0. The molecule has 2 heterocycles. The van der Waals surface area contributed by atoms with Gasteiger partial charge in [0.05, 0.1) is 23.9 Å². The molecular weight excluding hydrogens is 439 g/mol. The SMILES string of the molecule is CC(NC(=O)Cc1csc(-c2ccccn2)n1)c1ccc(NC(=O)c2ccc(F)cc2)cc1. The van der Waals surface area contributed by atoms with Crippen molar-refractivity contribution in [1.82, 2.24) is 15.3 Å². The zero-order chi connectivity index (χ0) is 23.2. The first kappa shape index (κ1) is 22.3. The number of hydrogen-bond acceptors (Lipinski definition) is 5. The molecule has 1 atom stereocenters. The lowest BCUT2D eigenvalue weighted by atomic mass is 10.1. The van der Waals surface area contributed by atoms with E-state index in [2.05, 4.69) is 20.6 Å². The topological polar surface area (TPSA) is 84.0 Å². The van der Waals surface area contributed by atoms with Gasteiger partial charge in [0.15, 0.2) is 0 Å². The quantitative estimate of drug-likeness (QED) is 0.406. The van der Waals surface area contributed by atoms with Crippen molar-refractivity contribution in [2.45, 2.75) is 19.4 Å². The zero-order valence-corrected chi connectivity index (χ0v) is 18.6. The standard InChI is InChI=1S/C25H21FN4O2S/c1-16(28-23(31)14-21-15-33-25(30-21)22-4-2-3-13-27-22)17-7-11-20(12-8-17)29-24(32)18-5-9-19(26)10-6-18/h2-13,15-16H,14H2,1H3,(H,28,31)(H,29,32). The smallest absolute Gasteiger partial charge is 0.255 e. The van der Waals surface area contributed by atoms with Crippen LogP contribution in [-0.2, 0) is 11.2 Å². The zero-order valence-electron chi connectivity index (χ0n) is 17.8. The van der Waals surface area contributed by atoms with Crippen LogP contribution in [0.2, 0.25) is 0 Å². The van der Waals surface area contributed by atoms with Gasteiger partial charge in [-0.2, -0.15) is 0 Å². The van der Waals surface area contributed by atoms with E-state index in [9.17, 15) is 14.0 Å². The fourth-order valence-electron chi connectivity index (χ4n) is 3.20. The van der Waals surface area contributed by atoms with E-state index in [1.807, 2.05) is 42.6 Å². The second kappa shape index (κ2) is 10.1. The first-order valence-corrected chi connectivity index (χ1v) is 11.2. The number of nitrogens with zero attached hydrogens (tertiary/aromatic N) is 2. The Labute approximate surface area is 194 Å². The first-order chi connectivity index (χ1) is 16.0. The molecule has 0 bridgehead atoms. The van der Waals surface area contributed by atoms with E-state index < -0.39 is 5.82 Å². The third-order valence-corrected chi connectivity index (χ3v) is 5.84. The van der Waals surface area contributed by atoms with Crippen molar-refractivity contribution in [3.8, 4) is 10.7 Å². The second-order valence-corrected chi connectivity index (χ2v) is 8.27. The Hall–Kier alpha value is -3.91. The Kier molecular flexibility index (Phi) is 6.85. The first-order valence-electron chi connectivity index (χ1n) is 10.3. The van der Waals surface area contributed by atoms with Crippen molar-refractivity contribution in [2.24, 2.45) is 0 Å². The predicted octanol–water partition coefficient (Wildman–Crippen LogP) is 5.02. The lowest BCUT2D eigenvalue weighted by molar-refractivity contribution is -0.121. The van der Waals surface area contributed by atoms with Crippen LogP contribution in [0.1, 0.15) is 34.6 Å². The van der Waals surface area contributed by atoms with Gasteiger partial charge in [0, 0.05) is 22.8 Å². The molecule has 0 aliphatic carbocycles. The molecule has 6 nitrogen and oxygen atoms in total. The van der Waals surface area contributed by atoms with Gasteiger partial charge >= 0.3 is 0 Å². The van der Waals surface area contributed by atoms with Gasteiger partial charge in [-0.1, -0.05) is 18.2 Å². The van der Waals surface area contributed by atoms with Crippen molar-refractivity contribution in [2.75, 3.05) is 5.32 Å². The van der Waals surface area contributed by atoms with E-state index in [0.717, 1.165) is 16.3 Å². The number of aromatic nitrogens is 2. The molecule has 0 aliphatic heterocycles. The predicted molar refractivity (Wildman–Crippen MR) is 126 cm³/mol. The van der Waals surface area contributed by atoms with Crippen LogP contribution in [0.3, 0.4) is 0 Å². The number of anilines is 1. The van der Waals surface area contributed by atoms with Crippen LogP contribution >= 0.6 is 11.3 Å². The van der Waals surface area contributed by atoms with Gasteiger partial charge in [0.2, 0.25) is 5.91 Å². The minimum absolute atomic E-state index is 0.131. The molecule has 0 aliphatic rings. The maximum absolute atomic E-state index is 13.0. The van der Waals surface area contributed by atoms with Crippen LogP contribution in [-0.4, -0.2) is 21.8 Å². The van der Waals surface area contributed by atoms with E-state index >= 15 is 0 Å². The normalized spacial score (nSPS) is 11.6. The fourth-order valence-corrected chi connectivity index (χ4v) is 3.99. The average Bonchev–Trinajstić information content (AvgIpc) is 3.28. The highest BCUT2D eigenvalue weighted by Gasteiger charge is 2.13. The van der Waals surface area contributed by atoms with Crippen LogP contribution in [0.25, 0.3) is 10.7 Å². The number of pyridine rings is 1. The maximum atomic E-state index is 13.0. The number of thiazole rings is 1. The van der Waals surface area contributed by atoms with Crippen LogP contribution in [0.4, 0.5) is 10.1 Å². The summed E-state index contributed by atoms with van der Waals surface area (Å²) in [5.41, 5.74) is 3.36. The largest absolute Gasteiger partial charge is 0.349 e.